The Balaban J connectivity index is 4.76. The average molecular weight is 216 g/mol. The van der Waals surface area contributed by atoms with Crippen molar-refractivity contribution in [2.45, 2.75) is 25.9 Å². The lowest BCUT2D eigenvalue weighted by atomic mass is 9.88. The van der Waals surface area contributed by atoms with Crippen molar-refractivity contribution in [3.63, 3.8) is 0 Å². The molecule has 6 nitrogen and oxygen atoms in total. The van der Waals surface area contributed by atoms with E-state index in [1.54, 1.807) is 13.8 Å². The zero-order chi connectivity index (χ0) is 12.2. The maximum atomic E-state index is 11.6. The molecule has 0 fully saturated rings. The van der Waals surface area contributed by atoms with Crippen LogP contribution in [0.4, 0.5) is 0 Å². The Kier molecular flexibility index (Phi) is 5.10. The Labute approximate surface area is 87.6 Å². The van der Waals surface area contributed by atoms with E-state index in [-0.39, 0.29) is 12.2 Å². The minimum atomic E-state index is -1.53. The van der Waals surface area contributed by atoms with Gasteiger partial charge >= 0.3 is 5.97 Å². The molecule has 0 heterocycles. The van der Waals surface area contributed by atoms with Crippen LogP contribution in [0.5, 0.6) is 0 Å². The number of aliphatic carboxylic acids is 1. The van der Waals surface area contributed by atoms with Crippen LogP contribution in [0.25, 0.3) is 0 Å². The molecular weight excluding hydrogens is 200 g/mol. The van der Waals surface area contributed by atoms with Crippen LogP contribution in [0.1, 0.15) is 13.8 Å². The molecule has 0 aliphatic heterocycles. The van der Waals surface area contributed by atoms with E-state index in [4.69, 9.17) is 16.6 Å². The van der Waals surface area contributed by atoms with Gasteiger partial charge in [-0.15, -0.1) is 0 Å². The minimum Gasteiger partial charge on any atom is -0.480 e. The van der Waals surface area contributed by atoms with Crippen LogP contribution in [0, 0.1) is 11.8 Å². The first-order valence-electron chi connectivity index (χ1n) is 4.55. The number of hydrogen-bond donors (Lipinski definition) is 3. The maximum Gasteiger partial charge on any atom is 0.321 e. The normalized spacial score (nSPS) is 16.9. The van der Waals surface area contributed by atoms with E-state index in [9.17, 15) is 14.4 Å². The van der Waals surface area contributed by atoms with Crippen molar-refractivity contribution >= 4 is 18.0 Å². The zero-order valence-electron chi connectivity index (χ0n) is 8.71. The van der Waals surface area contributed by atoms with E-state index in [0.717, 1.165) is 0 Å². The molecule has 0 amide bonds. The van der Waals surface area contributed by atoms with Gasteiger partial charge in [0, 0.05) is 0 Å². The number of ketones is 1. The van der Waals surface area contributed by atoms with Crippen molar-refractivity contribution in [3.05, 3.63) is 0 Å². The molecule has 5 N–H and O–H groups in total. The molecule has 0 bridgehead atoms. The summed E-state index contributed by atoms with van der Waals surface area (Å²) in [5, 5.41) is 8.58. The lowest BCUT2D eigenvalue weighted by Gasteiger charge is -2.20. The highest BCUT2D eigenvalue weighted by molar-refractivity contribution is 6.01. The Hall–Kier alpha value is -1.27. The van der Waals surface area contributed by atoms with Gasteiger partial charge < -0.3 is 21.4 Å². The predicted octanol–water partition coefficient (Wildman–Crippen LogP) is -1.23. The van der Waals surface area contributed by atoms with Crippen LogP contribution < -0.4 is 11.5 Å². The molecule has 2 unspecified atom stereocenters. The van der Waals surface area contributed by atoms with Crippen molar-refractivity contribution in [2.75, 3.05) is 0 Å². The number of Topliss-reactive ketones (excluding diaryl/α,β-unsaturated/α-hetero) is 1. The lowest BCUT2D eigenvalue weighted by molar-refractivity contribution is -0.144. The van der Waals surface area contributed by atoms with Crippen molar-refractivity contribution in [1.82, 2.24) is 0 Å². The van der Waals surface area contributed by atoms with Gasteiger partial charge in [0.05, 0.1) is 6.04 Å². The number of carboxylic acid groups (broad SMARTS) is 1. The number of hydrogen-bond acceptors (Lipinski definition) is 5. The second kappa shape index (κ2) is 5.57. The summed E-state index contributed by atoms with van der Waals surface area (Å²) in [5.41, 5.74) is 10.7. The summed E-state index contributed by atoms with van der Waals surface area (Å²) >= 11 is 0. The van der Waals surface area contributed by atoms with Crippen LogP contribution in [-0.2, 0) is 14.4 Å². The van der Waals surface area contributed by atoms with Crippen LogP contribution in [0.2, 0.25) is 0 Å². The van der Waals surface area contributed by atoms with Gasteiger partial charge in [0.15, 0.2) is 5.78 Å². The second-order valence-corrected chi connectivity index (χ2v) is 3.70. The summed E-state index contributed by atoms with van der Waals surface area (Å²) in [6.45, 7) is 3.41. The van der Waals surface area contributed by atoms with Gasteiger partial charge in [0.2, 0.25) is 0 Å². The van der Waals surface area contributed by atoms with Gasteiger partial charge in [-0.25, -0.2) is 0 Å². The maximum absolute atomic E-state index is 11.6. The first-order valence-corrected chi connectivity index (χ1v) is 4.55. The third kappa shape index (κ3) is 3.41. The summed E-state index contributed by atoms with van der Waals surface area (Å²) in [6.07, 6.45) is 0.239. The molecule has 0 rings (SSSR count). The molecule has 0 aliphatic rings. The molecule has 0 spiro atoms. The standard InChI is InChI=1S/C9H16N2O4/c1-4(2)6(10)8(13)5(3-12)7(11)9(14)15/h3-7H,10-11H2,1-2H3,(H,14,15)/t5-,6?,7?/m1/s1. The van der Waals surface area contributed by atoms with Crippen LogP contribution >= 0.6 is 0 Å². The summed E-state index contributed by atoms with van der Waals surface area (Å²) in [4.78, 5) is 32.7. The number of carbonyl (C=O) groups excluding carboxylic acids is 2. The molecule has 0 saturated heterocycles. The smallest absolute Gasteiger partial charge is 0.321 e. The molecule has 3 atom stereocenters. The fourth-order valence-electron chi connectivity index (χ4n) is 1.03. The largest absolute Gasteiger partial charge is 0.480 e. The molecule has 0 aliphatic carbocycles. The Morgan fingerprint density at radius 2 is 1.67 bits per heavy atom. The molecule has 15 heavy (non-hydrogen) atoms. The van der Waals surface area contributed by atoms with Crippen molar-refractivity contribution in [3.8, 4) is 0 Å². The molecule has 0 aromatic rings. The van der Waals surface area contributed by atoms with E-state index >= 15 is 0 Å². The molecule has 0 aromatic carbocycles. The number of carbonyl (C=O) groups is 3. The first-order chi connectivity index (χ1) is 6.82. The van der Waals surface area contributed by atoms with Gasteiger partial charge in [-0.2, -0.15) is 0 Å². The van der Waals surface area contributed by atoms with Crippen LogP contribution in [0.3, 0.4) is 0 Å². The number of nitrogens with two attached hydrogens (primary N) is 2. The molecule has 0 saturated carbocycles. The fraction of sp³-hybridized carbons (Fsp3) is 0.667. The van der Waals surface area contributed by atoms with Gasteiger partial charge in [0.25, 0.3) is 0 Å². The number of carboxylic acids is 1. The number of rotatable bonds is 6. The van der Waals surface area contributed by atoms with Crippen LogP contribution in [0.15, 0.2) is 0 Å². The van der Waals surface area contributed by atoms with E-state index in [1.807, 2.05) is 0 Å². The van der Waals surface area contributed by atoms with E-state index in [0.29, 0.717) is 0 Å². The quantitative estimate of drug-likeness (QED) is 0.377. The Morgan fingerprint density at radius 3 is 1.93 bits per heavy atom. The highest BCUT2D eigenvalue weighted by atomic mass is 16.4. The molecule has 0 radical (unpaired) electrons. The third-order valence-corrected chi connectivity index (χ3v) is 2.19. The van der Waals surface area contributed by atoms with E-state index in [2.05, 4.69) is 0 Å². The Bertz CT molecular complexity index is 265. The third-order valence-electron chi connectivity index (χ3n) is 2.19. The highest BCUT2D eigenvalue weighted by Crippen LogP contribution is 2.09. The topological polar surface area (TPSA) is 123 Å². The van der Waals surface area contributed by atoms with E-state index in [1.165, 1.54) is 0 Å². The van der Waals surface area contributed by atoms with Crippen molar-refractivity contribution in [1.29, 1.82) is 0 Å². The SMILES string of the molecule is CC(C)C(N)C(=O)[C@H](C=O)C(N)C(=O)O. The van der Waals surface area contributed by atoms with E-state index < -0.39 is 29.8 Å². The van der Waals surface area contributed by atoms with Gasteiger partial charge in [-0.05, 0) is 5.92 Å². The summed E-state index contributed by atoms with van der Waals surface area (Å²) < 4.78 is 0. The van der Waals surface area contributed by atoms with Gasteiger partial charge in [-0.1, -0.05) is 13.8 Å². The van der Waals surface area contributed by atoms with Crippen molar-refractivity contribution < 1.29 is 19.5 Å². The molecule has 6 heteroatoms. The molecule has 86 valence electrons. The van der Waals surface area contributed by atoms with Crippen LogP contribution in [-0.4, -0.2) is 35.2 Å². The Morgan fingerprint density at radius 1 is 1.20 bits per heavy atom. The highest BCUT2D eigenvalue weighted by Gasteiger charge is 2.34. The minimum absolute atomic E-state index is 0.166. The zero-order valence-corrected chi connectivity index (χ0v) is 8.71. The van der Waals surface area contributed by atoms with Gasteiger partial charge in [-0.3, -0.25) is 9.59 Å². The summed E-state index contributed by atoms with van der Waals surface area (Å²) in [5.74, 6) is -3.56. The summed E-state index contributed by atoms with van der Waals surface area (Å²) in [7, 11) is 0. The van der Waals surface area contributed by atoms with Gasteiger partial charge in [0.1, 0.15) is 18.2 Å². The second-order valence-electron chi connectivity index (χ2n) is 3.70. The fourth-order valence-corrected chi connectivity index (χ4v) is 1.03. The first kappa shape index (κ1) is 13.7. The molecular formula is C9H16N2O4. The average Bonchev–Trinajstić information content (AvgIpc) is 2.16. The molecule has 0 aromatic heterocycles. The lowest BCUT2D eigenvalue weighted by Crippen LogP contribution is -2.49. The predicted molar refractivity (Wildman–Crippen MR) is 53.0 cm³/mol. The van der Waals surface area contributed by atoms with Crippen molar-refractivity contribution in [2.24, 2.45) is 23.3 Å². The monoisotopic (exact) mass is 216 g/mol. The summed E-state index contributed by atoms with van der Waals surface area (Å²) in [6, 6.07) is -2.40. The number of aldehydes is 1.